The third-order valence-corrected chi connectivity index (χ3v) is 3.18. The first kappa shape index (κ1) is 22.9. The summed E-state index contributed by atoms with van der Waals surface area (Å²) < 4.78 is 10.7. The summed E-state index contributed by atoms with van der Waals surface area (Å²) in [5.74, 6) is 1.31. The number of methoxy groups -OCH3 is 1. The molecule has 0 heterocycles. The molecule has 1 aromatic carbocycles. The standard InChI is InChI=1S/C17H30N4O2.HI/c1-14(13-22-4)20-17(18)19-12-15-6-8-16(9-7-15)23-11-5-10-21(2)3;/h6-9,14H,5,10-13H2,1-4H3,(H3,18,19,20);1H. The van der Waals surface area contributed by atoms with Gasteiger partial charge in [-0.25, -0.2) is 4.99 Å². The van der Waals surface area contributed by atoms with E-state index in [1.807, 2.05) is 31.2 Å². The van der Waals surface area contributed by atoms with E-state index in [4.69, 9.17) is 15.2 Å². The topological polar surface area (TPSA) is 72.1 Å². The molecule has 138 valence electrons. The predicted molar refractivity (Wildman–Crippen MR) is 110 cm³/mol. The Morgan fingerprint density at radius 2 is 1.96 bits per heavy atom. The number of halogens is 1. The van der Waals surface area contributed by atoms with Gasteiger partial charge in [-0.3, -0.25) is 0 Å². The van der Waals surface area contributed by atoms with Crippen LogP contribution in [0.1, 0.15) is 18.9 Å². The van der Waals surface area contributed by atoms with Gasteiger partial charge in [0.2, 0.25) is 0 Å². The summed E-state index contributed by atoms with van der Waals surface area (Å²) in [6, 6.07) is 8.10. The average molecular weight is 450 g/mol. The van der Waals surface area contributed by atoms with Gasteiger partial charge < -0.3 is 25.4 Å². The highest BCUT2D eigenvalue weighted by Gasteiger charge is 2.01. The monoisotopic (exact) mass is 450 g/mol. The maximum atomic E-state index is 5.84. The summed E-state index contributed by atoms with van der Waals surface area (Å²) in [5, 5.41) is 3.08. The van der Waals surface area contributed by atoms with Crippen LogP contribution < -0.4 is 15.8 Å². The molecule has 0 fully saturated rings. The number of ether oxygens (including phenoxy) is 2. The van der Waals surface area contributed by atoms with Crippen LogP contribution in [0.3, 0.4) is 0 Å². The summed E-state index contributed by atoms with van der Waals surface area (Å²) >= 11 is 0. The lowest BCUT2D eigenvalue weighted by molar-refractivity contribution is 0.179. The molecule has 0 saturated carbocycles. The van der Waals surface area contributed by atoms with Gasteiger partial charge in [0.05, 0.1) is 19.8 Å². The molecule has 0 amide bonds. The van der Waals surface area contributed by atoms with E-state index in [1.165, 1.54) is 0 Å². The second-order valence-electron chi connectivity index (χ2n) is 5.85. The molecule has 0 aromatic heterocycles. The summed E-state index contributed by atoms with van der Waals surface area (Å²) in [6.07, 6.45) is 1.01. The van der Waals surface area contributed by atoms with Crippen LogP contribution in [0.15, 0.2) is 29.3 Å². The molecular weight excluding hydrogens is 419 g/mol. The van der Waals surface area contributed by atoms with Crippen LogP contribution in [-0.2, 0) is 11.3 Å². The SMILES string of the molecule is COCC(C)NC(N)=NCc1ccc(OCCCN(C)C)cc1.I. The van der Waals surface area contributed by atoms with Crippen LogP contribution in [0.25, 0.3) is 0 Å². The minimum atomic E-state index is 0. The predicted octanol–water partition coefficient (Wildman–Crippen LogP) is 2.07. The normalized spacial score (nSPS) is 12.6. The lowest BCUT2D eigenvalue weighted by Gasteiger charge is -2.13. The molecule has 24 heavy (non-hydrogen) atoms. The first-order chi connectivity index (χ1) is 11.0. The third kappa shape index (κ3) is 10.7. The Bertz CT molecular complexity index is 466. The van der Waals surface area contributed by atoms with E-state index >= 15 is 0 Å². The molecule has 0 bridgehead atoms. The molecule has 0 spiro atoms. The number of benzene rings is 1. The maximum absolute atomic E-state index is 5.84. The van der Waals surface area contributed by atoms with Crippen LogP contribution in [-0.4, -0.2) is 57.9 Å². The Morgan fingerprint density at radius 3 is 2.54 bits per heavy atom. The van der Waals surface area contributed by atoms with Crippen LogP contribution in [0, 0.1) is 0 Å². The Morgan fingerprint density at radius 1 is 1.29 bits per heavy atom. The van der Waals surface area contributed by atoms with Crippen molar-refractivity contribution < 1.29 is 9.47 Å². The molecule has 1 atom stereocenters. The molecule has 7 heteroatoms. The molecule has 6 nitrogen and oxygen atoms in total. The highest BCUT2D eigenvalue weighted by Crippen LogP contribution is 2.13. The van der Waals surface area contributed by atoms with E-state index in [0.717, 1.165) is 30.9 Å². The van der Waals surface area contributed by atoms with Crippen LogP contribution in [0.5, 0.6) is 5.75 Å². The quantitative estimate of drug-likeness (QED) is 0.247. The average Bonchev–Trinajstić information content (AvgIpc) is 2.50. The van der Waals surface area contributed by atoms with Crippen molar-refractivity contribution in [3.8, 4) is 5.75 Å². The Balaban J connectivity index is 0.00000529. The van der Waals surface area contributed by atoms with Crippen molar-refractivity contribution in [2.45, 2.75) is 25.9 Å². The van der Waals surface area contributed by atoms with Gasteiger partial charge in [0.25, 0.3) is 0 Å². The van der Waals surface area contributed by atoms with E-state index in [2.05, 4.69) is 29.3 Å². The van der Waals surface area contributed by atoms with Crippen molar-refractivity contribution in [3.05, 3.63) is 29.8 Å². The minimum absolute atomic E-state index is 0. The summed E-state index contributed by atoms with van der Waals surface area (Å²) in [6.45, 7) is 4.88. The van der Waals surface area contributed by atoms with Crippen molar-refractivity contribution in [2.24, 2.45) is 10.7 Å². The fraction of sp³-hybridized carbons (Fsp3) is 0.588. The Hall–Kier alpha value is -1.06. The largest absolute Gasteiger partial charge is 0.494 e. The van der Waals surface area contributed by atoms with E-state index in [-0.39, 0.29) is 30.0 Å². The molecule has 0 aliphatic rings. The van der Waals surface area contributed by atoms with E-state index in [0.29, 0.717) is 19.1 Å². The molecule has 1 unspecified atom stereocenters. The fourth-order valence-corrected chi connectivity index (χ4v) is 2.03. The van der Waals surface area contributed by atoms with E-state index < -0.39 is 0 Å². The van der Waals surface area contributed by atoms with Crippen LogP contribution >= 0.6 is 24.0 Å². The van der Waals surface area contributed by atoms with Gasteiger partial charge in [-0.2, -0.15) is 0 Å². The number of hydrogen-bond acceptors (Lipinski definition) is 4. The molecule has 0 aliphatic heterocycles. The smallest absolute Gasteiger partial charge is 0.189 e. The number of nitrogens with zero attached hydrogens (tertiary/aromatic N) is 2. The fourth-order valence-electron chi connectivity index (χ4n) is 2.03. The molecular formula is C17H31IN4O2. The second kappa shape index (κ2) is 13.3. The number of aliphatic imine (C=N–C) groups is 1. The number of rotatable bonds is 10. The zero-order chi connectivity index (χ0) is 17.1. The highest BCUT2D eigenvalue weighted by molar-refractivity contribution is 14.0. The summed E-state index contributed by atoms with van der Waals surface area (Å²) in [4.78, 5) is 6.47. The first-order valence-corrected chi connectivity index (χ1v) is 7.93. The van der Waals surface area contributed by atoms with Gasteiger partial charge in [-0.05, 0) is 45.1 Å². The van der Waals surface area contributed by atoms with Gasteiger partial charge in [0.1, 0.15) is 5.75 Å². The van der Waals surface area contributed by atoms with E-state index in [9.17, 15) is 0 Å². The number of guanidine groups is 1. The molecule has 1 rings (SSSR count). The van der Waals surface area contributed by atoms with Crippen molar-refractivity contribution in [1.82, 2.24) is 10.2 Å². The second-order valence-corrected chi connectivity index (χ2v) is 5.85. The highest BCUT2D eigenvalue weighted by atomic mass is 127. The van der Waals surface area contributed by atoms with Crippen LogP contribution in [0.4, 0.5) is 0 Å². The molecule has 0 radical (unpaired) electrons. The third-order valence-electron chi connectivity index (χ3n) is 3.18. The minimum Gasteiger partial charge on any atom is -0.494 e. The number of nitrogens with one attached hydrogen (secondary N) is 1. The summed E-state index contributed by atoms with van der Waals surface area (Å²) in [5.41, 5.74) is 6.94. The number of nitrogens with two attached hydrogens (primary N) is 1. The van der Waals surface area contributed by atoms with Crippen molar-refractivity contribution in [1.29, 1.82) is 0 Å². The van der Waals surface area contributed by atoms with Gasteiger partial charge in [0, 0.05) is 19.7 Å². The Labute approximate surface area is 162 Å². The number of hydrogen-bond donors (Lipinski definition) is 2. The van der Waals surface area contributed by atoms with Gasteiger partial charge in [-0.15, -0.1) is 24.0 Å². The van der Waals surface area contributed by atoms with E-state index in [1.54, 1.807) is 7.11 Å². The summed E-state index contributed by atoms with van der Waals surface area (Å²) in [7, 11) is 5.79. The first-order valence-electron chi connectivity index (χ1n) is 7.93. The molecule has 3 N–H and O–H groups in total. The Kier molecular flexibility index (Phi) is 12.7. The van der Waals surface area contributed by atoms with Crippen molar-refractivity contribution in [3.63, 3.8) is 0 Å². The van der Waals surface area contributed by atoms with Gasteiger partial charge in [-0.1, -0.05) is 12.1 Å². The molecule has 0 saturated heterocycles. The zero-order valence-electron chi connectivity index (χ0n) is 15.1. The van der Waals surface area contributed by atoms with Gasteiger partial charge >= 0.3 is 0 Å². The van der Waals surface area contributed by atoms with Crippen LogP contribution in [0.2, 0.25) is 0 Å². The maximum Gasteiger partial charge on any atom is 0.189 e. The lowest BCUT2D eigenvalue weighted by atomic mass is 10.2. The van der Waals surface area contributed by atoms with Crippen molar-refractivity contribution in [2.75, 3.05) is 41.0 Å². The zero-order valence-corrected chi connectivity index (χ0v) is 17.4. The van der Waals surface area contributed by atoms with Crippen molar-refractivity contribution >= 4 is 29.9 Å². The lowest BCUT2D eigenvalue weighted by Crippen LogP contribution is -2.40. The van der Waals surface area contributed by atoms with Gasteiger partial charge in [0.15, 0.2) is 5.96 Å². The molecule has 1 aromatic rings. The molecule has 0 aliphatic carbocycles.